The van der Waals surface area contributed by atoms with Crippen molar-refractivity contribution in [2.24, 2.45) is 0 Å². The fraction of sp³-hybridized carbons (Fsp3) is 0.300. The molecular weight excluding hydrogens is 182 g/mol. The third-order valence-corrected chi connectivity index (χ3v) is 1.93. The molecule has 2 nitrogen and oxygen atoms in total. The standard InChI is InChI=1S/C10H13NOS/c1-8-6-9(4-2-3-5-13)10(12)11-7-8/h2,4,6-7,13H,3,5H2,1H3,(H,11,12). The molecule has 0 radical (unpaired) electrons. The number of allylic oxidation sites excluding steroid dienone is 1. The zero-order valence-corrected chi connectivity index (χ0v) is 8.47. The monoisotopic (exact) mass is 195 g/mol. The van der Waals surface area contributed by atoms with E-state index in [1.165, 1.54) is 0 Å². The lowest BCUT2D eigenvalue weighted by Gasteiger charge is -1.94. The predicted octanol–water partition coefficient (Wildman–Crippen LogP) is 2.02. The summed E-state index contributed by atoms with van der Waals surface area (Å²) < 4.78 is 0. The van der Waals surface area contributed by atoms with Crippen LogP contribution in [-0.4, -0.2) is 10.7 Å². The molecule has 0 aliphatic carbocycles. The summed E-state index contributed by atoms with van der Waals surface area (Å²) in [6.45, 7) is 1.95. The van der Waals surface area contributed by atoms with Crippen LogP contribution in [0.2, 0.25) is 0 Å². The van der Waals surface area contributed by atoms with Crippen LogP contribution in [0.4, 0.5) is 0 Å². The van der Waals surface area contributed by atoms with Gasteiger partial charge in [-0.05, 0) is 30.7 Å². The van der Waals surface area contributed by atoms with Crippen molar-refractivity contribution in [2.75, 3.05) is 5.75 Å². The molecule has 0 saturated carbocycles. The van der Waals surface area contributed by atoms with E-state index >= 15 is 0 Å². The van der Waals surface area contributed by atoms with Crippen molar-refractivity contribution in [3.63, 3.8) is 0 Å². The molecule has 0 saturated heterocycles. The molecule has 1 aromatic heterocycles. The Morgan fingerprint density at radius 3 is 3.08 bits per heavy atom. The molecule has 3 heteroatoms. The van der Waals surface area contributed by atoms with E-state index in [0.29, 0.717) is 5.56 Å². The Labute approximate surface area is 83.1 Å². The van der Waals surface area contributed by atoms with Crippen molar-refractivity contribution >= 4 is 18.7 Å². The minimum atomic E-state index is -0.0407. The normalized spacial score (nSPS) is 10.9. The molecule has 0 atom stereocenters. The van der Waals surface area contributed by atoms with Crippen LogP contribution < -0.4 is 5.56 Å². The van der Waals surface area contributed by atoms with Crippen LogP contribution in [0.3, 0.4) is 0 Å². The molecule has 0 amide bonds. The van der Waals surface area contributed by atoms with Gasteiger partial charge >= 0.3 is 0 Å². The largest absolute Gasteiger partial charge is 0.328 e. The Kier molecular flexibility index (Phi) is 3.83. The number of aromatic nitrogens is 1. The highest BCUT2D eigenvalue weighted by atomic mass is 32.1. The Bertz CT molecular complexity index is 354. The van der Waals surface area contributed by atoms with Crippen molar-refractivity contribution in [3.8, 4) is 0 Å². The topological polar surface area (TPSA) is 32.9 Å². The van der Waals surface area contributed by atoms with Gasteiger partial charge in [-0.15, -0.1) is 0 Å². The van der Waals surface area contributed by atoms with Gasteiger partial charge in [-0.1, -0.05) is 12.2 Å². The first-order valence-electron chi connectivity index (χ1n) is 4.21. The molecule has 1 rings (SSSR count). The molecular formula is C10H13NOS. The number of thiol groups is 1. The van der Waals surface area contributed by atoms with E-state index in [-0.39, 0.29) is 5.56 Å². The lowest BCUT2D eigenvalue weighted by atomic mass is 10.2. The van der Waals surface area contributed by atoms with Gasteiger partial charge < -0.3 is 4.98 Å². The van der Waals surface area contributed by atoms with Crippen molar-refractivity contribution < 1.29 is 0 Å². The molecule has 1 heterocycles. The zero-order valence-electron chi connectivity index (χ0n) is 7.58. The third-order valence-electron chi connectivity index (χ3n) is 1.67. The summed E-state index contributed by atoms with van der Waals surface area (Å²) >= 11 is 4.08. The van der Waals surface area contributed by atoms with Crippen LogP contribution in [0.5, 0.6) is 0 Å². The summed E-state index contributed by atoms with van der Waals surface area (Å²) in [5.41, 5.74) is 1.73. The number of pyridine rings is 1. The first-order valence-corrected chi connectivity index (χ1v) is 4.84. The van der Waals surface area contributed by atoms with Gasteiger partial charge in [-0.2, -0.15) is 12.6 Å². The predicted molar refractivity (Wildman–Crippen MR) is 59.3 cm³/mol. The number of hydrogen-bond donors (Lipinski definition) is 2. The van der Waals surface area contributed by atoms with Gasteiger partial charge in [-0.3, -0.25) is 4.79 Å². The molecule has 1 aromatic rings. The smallest absolute Gasteiger partial charge is 0.255 e. The van der Waals surface area contributed by atoms with Crippen LogP contribution in [0, 0.1) is 6.92 Å². The molecule has 0 unspecified atom stereocenters. The van der Waals surface area contributed by atoms with Crippen LogP contribution in [-0.2, 0) is 0 Å². The van der Waals surface area contributed by atoms with Gasteiger partial charge in [0.05, 0.1) is 0 Å². The lowest BCUT2D eigenvalue weighted by molar-refractivity contribution is 1.18. The second-order valence-corrected chi connectivity index (χ2v) is 3.32. The van der Waals surface area contributed by atoms with Crippen molar-refractivity contribution in [1.29, 1.82) is 0 Å². The average Bonchev–Trinajstić information content (AvgIpc) is 2.11. The maximum Gasteiger partial charge on any atom is 0.255 e. The minimum Gasteiger partial charge on any atom is -0.328 e. The summed E-state index contributed by atoms with van der Waals surface area (Å²) in [6.07, 6.45) is 6.38. The summed E-state index contributed by atoms with van der Waals surface area (Å²) in [4.78, 5) is 13.9. The third kappa shape index (κ3) is 3.11. The van der Waals surface area contributed by atoms with E-state index in [0.717, 1.165) is 17.7 Å². The highest BCUT2D eigenvalue weighted by Gasteiger charge is 1.93. The molecule has 0 aromatic carbocycles. The van der Waals surface area contributed by atoms with Gasteiger partial charge in [0.25, 0.3) is 5.56 Å². The lowest BCUT2D eigenvalue weighted by Crippen LogP contribution is -2.08. The molecule has 0 bridgehead atoms. The Morgan fingerprint density at radius 1 is 1.62 bits per heavy atom. The van der Waals surface area contributed by atoms with Crippen LogP contribution >= 0.6 is 12.6 Å². The van der Waals surface area contributed by atoms with E-state index in [2.05, 4.69) is 17.6 Å². The number of hydrogen-bond acceptors (Lipinski definition) is 2. The van der Waals surface area contributed by atoms with Crippen molar-refractivity contribution in [2.45, 2.75) is 13.3 Å². The first-order chi connectivity index (χ1) is 6.24. The van der Waals surface area contributed by atoms with E-state index in [9.17, 15) is 4.79 Å². The highest BCUT2D eigenvalue weighted by molar-refractivity contribution is 7.80. The number of H-pyrrole nitrogens is 1. The number of aromatic amines is 1. The molecule has 1 N–H and O–H groups in total. The second kappa shape index (κ2) is 4.92. The SMILES string of the molecule is Cc1c[nH]c(=O)c(C=CCCS)c1. The average molecular weight is 195 g/mol. The van der Waals surface area contributed by atoms with Crippen molar-refractivity contribution in [1.82, 2.24) is 4.98 Å². The number of rotatable bonds is 3. The molecule has 0 fully saturated rings. The maximum atomic E-state index is 11.2. The fourth-order valence-electron chi connectivity index (χ4n) is 1.02. The van der Waals surface area contributed by atoms with Crippen LogP contribution in [0.1, 0.15) is 17.5 Å². The molecule has 13 heavy (non-hydrogen) atoms. The van der Waals surface area contributed by atoms with Crippen molar-refractivity contribution in [3.05, 3.63) is 39.8 Å². The minimum absolute atomic E-state index is 0.0407. The van der Waals surface area contributed by atoms with E-state index in [4.69, 9.17) is 0 Å². The highest BCUT2D eigenvalue weighted by Crippen LogP contribution is 1.99. The van der Waals surface area contributed by atoms with Crippen LogP contribution in [0.15, 0.2) is 23.1 Å². The van der Waals surface area contributed by atoms with Gasteiger partial charge in [0.2, 0.25) is 0 Å². The number of aryl methyl sites for hydroxylation is 1. The van der Waals surface area contributed by atoms with E-state index in [1.807, 2.05) is 25.1 Å². The zero-order chi connectivity index (χ0) is 9.68. The molecule has 0 spiro atoms. The van der Waals surface area contributed by atoms with Crippen LogP contribution in [0.25, 0.3) is 6.08 Å². The first kappa shape index (κ1) is 10.1. The summed E-state index contributed by atoms with van der Waals surface area (Å²) in [7, 11) is 0. The molecule has 0 aliphatic heterocycles. The van der Waals surface area contributed by atoms with Gasteiger partial charge in [0.1, 0.15) is 0 Å². The summed E-state index contributed by atoms with van der Waals surface area (Å²) in [5, 5.41) is 0. The Morgan fingerprint density at radius 2 is 2.38 bits per heavy atom. The number of nitrogens with one attached hydrogen (secondary N) is 1. The van der Waals surface area contributed by atoms with Gasteiger partial charge in [0.15, 0.2) is 0 Å². The second-order valence-electron chi connectivity index (χ2n) is 2.88. The summed E-state index contributed by atoms with van der Waals surface area (Å²) in [5.74, 6) is 0.806. The van der Waals surface area contributed by atoms with E-state index < -0.39 is 0 Å². The fourth-order valence-corrected chi connectivity index (χ4v) is 1.17. The Hall–Kier alpha value is -0.960. The Balaban J connectivity index is 2.87. The molecule has 70 valence electrons. The van der Waals surface area contributed by atoms with Gasteiger partial charge in [-0.25, -0.2) is 0 Å². The van der Waals surface area contributed by atoms with Gasteiger partial charge in [0, 0.05) is 11.8 Å². The quantitative estimate of drug-likeness (QED) is 0.711. The van der Waals surface area contributed by atoms with E-state index in [1.54, 1.807) is 6.20 Å². The maximum absolute atomic E-state index is 11.2. The summed E-state index contributed by atoms with van der Waals surface area (Å²) in [6, 6.07) is 1.87. The molecule has 0 aliphatic rings.